The lowest BCUT2D eigenvalue weighted by Gasteiger charge is -1.93. The van der Waals surface area contributed by atoms with E-state index in [1.165, 1.54) is 13.3 Å². The number of rotatable bonds is 1. The first kappa shape index (κ1) is 9.82. The molecule has 0 aliphatic rings. The summed E-state index contributed by atoms with van der Waals surface area (Å²) in [7, 11) is 1.27. The molecule has 70 valence electrons. The molecule has 0 radical (unpaired) electrons. The summed E-state index contributed by atoms with van der Waals surface area (Å²) in [5.41, 5.74) is 0.644. The van der Waals surface area contributed by atoms with Gasteiger partial charge >= 0.3 is 5.97 Å². The van der Waals surface area contributed by atoms with Gasteiger partial charge in [0.05, 0.1) is 31.4 Å². The van der Waals surface area contributed by atoms with Crippen LogP contribution in [0.25, 0.3) is 0 Å². The molecular formula is C9H7N3O2. The second kappa shape index (κ2) is 4.68. The van der Waals surface area contributed by atoms with Crippen molar-refractivity contribution in [1.82, 2.24) is 10.2 Å². The molecule has 0 fully saturated rings. The number of aromatic amines is 1. The predicted molar refractivity (Wildman–Crippen MR) is 47.0 cm³/mol. The van der Waals surface area contributed by atoms with Gasteiger partial charge in [-0.05, 0) is 0 Å². The van der Waals surface area contributed by atoms with Crippen LogP contribution in [0.5, 0.6) is 0 Å². The van der Waals surface area contributed by atoms with E-state index in [0.29, 0.717) is 5.56 Å². The van der Waals surface area contributed by atoms with Crippen molar-refractivity contribution in [2.75, 3.05) is 7.11 Å². The van der Waals surface area contributed by atoms with Gasteiger partial charge in [0, 0.05) is 0 Å². The van der Waals surface area contributed by atoms with E-state index in [9.17, 15) is 4.79 Å². The third-order valence-electron chi connectivity index (χ3n) is 1.42. The molecule has 0 spiro atoms. The number of carbonyl (C=O) groups excluding carboxylic acids is 1. The Balaban J connectivity index is 2.90. The first-order chi connectivity index (χ1) is 6.79. The summed E-state index contributed by atoms with van der Waals surface area (Å²) in [5, 5.41) is 14.4. The highest BCUT2D eigenvalue weighted by Gasteiger charge is 2.11. The zero-order valence-corrected chi connectivity index (χ0v) is 7.50. The molecule has 0 aromatic carbocycles. The van der Waals surface area contributed by atoms with E-state index < -0.39 is 5.97 Å². The number of hydrogen-bond donors (Lipinski definition) is 1. The van der Waals surface area contributed by atoms with Crippen molar-refractivity contribution >= 4 is 5.97 Å². The Morgan fingerprint density at radius 1 is 1.79 bits per heavy atom. The Hall–Kier alpha value is -2.27. The summed E-state index contributed by atoms with van der Waals surface area (Å²) in [5.74, 6) is 4.70. The van der Waals surface area contributed by atoms with Gasteiger partial charge in [-0.15, -0.1) is 0 Å². The van der Waals surface area contributed by atoms with Crippen LogP contribution in [0.2, 0.25) is 0 Å². The molecule has 5 heteroatoms. The summed E-state index contributed by atoms with van der Waals surface area (Å²) in [6.45, 7) is 0. The number of hydrogen-bond acceptors (Lipinski definition) is 4. The largest absolute Gasteiger partial charge is 0.464 e. The molecule has 0 atom stereocenters. The van der Waals surface area contributed by atoms with Crippen LogP contribution >= 0.6 is 0 Å². The molecular weight excluding hydrogens is 182 g/mol. The Bertz CT molecular complexity index is 431. The van der Waals surface area contributed by atoms with Gasteiger partial charge in [-0.1, -0.05) is 11.8 Å². The summed E-state index contributed by atoms with van der Waals surface area (Å²) in [4.78, 5) is 11.1. The molecule has 0 unspecified atom stereocenters. The first-order valence-electron chi connectivity index (χ1n) is 3.77. The van der Waals surface area contributed by atoms with Gasteiger partial charge in [-0.3, -0.25) is 5.10 Å². The molecule has 1 heterocycles. The van der Waals surface area contributed by atoms with Crippen LogP contribution in [-0.4, -0.2) is 23.3 Å². The topological polar surface area (TPSA) is 78.8 Å². The predicted octanol–water partition coefficient (Wildman–Crippen LogP) is 0.461. The molecule has 5 nitrogen and oxygen atoms in total. The smallest absolute Gasteiger partial charge is 0.357 e. The molecule has 14 heavy (non-hydrogen) atoms. The second-order valence-corrected chi connectivity index (χ2v) is 2.29. The van der Waals surface area contributed by atoms with Crippen molar-refractivity contribution < 1.29 is 9.53 Å². The van der Waals surface area contributed by atoms with E-state index in [4.69, 9.17) is 5.26 Å². The Morgan fingerprint density at radius 3 is 3.21 bits per heavy atom. The van der Waals surface area contributed by atoms with Gasteiger partial charge in [0.15, 0.2) is 5.69 Å². The minimum atomic E-state index is -0.524. The minimum Gasteiger partial charge on any atom is -0.464 e. The van der Waals surface area contributed by atoms with E-state index >= 15 is 0 Å². The zero-order chi connectivity index (χ0) is 10.4. The molecule has 1 rings (SSSR count). The van der Waals surface area contributed by atoms with Gasteiger partial charge in [-0.25, -0.2) is 4.79 Å². The third-order valence-corrected chi connectivity index (χ3v) is 1.42. The number of ether oxygens (including phenoxy) is 1. The standard InChI is InChI=1S/C9H7N3O2/c1-14-9(13)8-7(6-11-12-8)4-2-3-5-10/h6H,3H2,1H3,(H,11,12). The van der Waals surface area contributed by atoms with E-state index in [2.05, 4.69) is 26.8 Å². The van der Waals surface area contributed by atoms with Crippen molar-refractivity contribution in [2.24, 2.45) is 0 Å². The molecule has 1 N–H and O–H groups in total. The SMILES string of the molecule is COC(=O)c1[nH]ncc1C#CCC#N. The number of H-pyrrole nitrogens is 1. The summed E-state index contributed by atoms with van der Waals surface area (Å²) in [6.07, 6.45) is 1.53. The van der Waals surface area contributed by atoms with E-state index in [0.717, 1.165) is 0 Å². The zero-order valence-electron chi connectivity index (χ0n) is 7.50. The van der Waals surface area contributed by atoms with Gasteiger partial charge in [-0.2, -0.15) is 10.4 Å². The lowest BCUT2D eigenvalue weighted by atomic mass is 10.2. The normalized spacial score (nSPS) is 8.29. The molecule has 0 amide bonds. The molecule has 0 bridgehead atoms. The first-order valence-corrected chi connectivity index (χ1v) is 3.77. The maximum absolute atomic E-state index is 11.1. The number of aromatic nitrogens is 2. The van der Waals surface area contributed by atoms with Crippen LogP contribution in [0.1, 0.15) is 22.5 Å². The highest BCUT2D eigenvalue weighted by Crippen LogP contribution is 2.03. The van der Waals surface area contributed by atoms with E-state index in [1.54, 1.807) is 0 Å². The molecule has 0 saturated heterocycles. The fourth-order valence-electron chi connectivity index (χ4n) is 0.818. The average molecular weight is 189 g/mol. The van der Waals surface area contributed by atoms with Crippen molar-refractivity contribution in [3.8, 4) is 17.9 Å². The highest BCUT2D eigenvalue weighted by molar-refractivity contribution is 5.89. The molecule has 0 saturated carbocycles. The molecule has 0 aliphatic carbocycles. The van der Waals surface area contributed by atoms with Crippen LogP contribution in [0, 0.1) is 23.2 Å². The number of nitriles is 1. The fraction of sp³-hybridized carbons (Fsp3) is 0.222. The second-order valence-electron chi connectivity index (χ2n) is 2.29. The van der Waals surface area contributed by atoms with Gasteiger partial charge in [0.2, 0.25) is 0 Å². The molecule has 1 aromatic heterocycles. The maximum Gasteiger partial charge on any atom is 0.357 e. The van der Waals surface area contributed by atoms with Crippen LogP contribution in [0.4, 0.5) is 0 Å². The Morgan fingerprint density at radius 2 is 2.57 bits per heavy atom. The quantitative estimate of drug-likeness (QED) is 0.514. The number of nitrogens with zero attached hydrogens (tertiary/aromatic N) is 2. The lowest BCUT2D eigenvalue weighted by molar-refractivity contribution is 0.0593. The summed E-state index contributed by atoms with van der Waals surface area (Å²) < 4.78 is 4.50. The van der Waals surface area contributed by atoms with Crippen LogP contribution in [0.3, 0.4) is 0 Å². The third kappa shape index (κ3) is 2.11. The fourth-order valence-corrected chi connectivity index (χ4v) is 0.818. The van der Waals surface area contributed by atoms with E-state index in [1.807, 2.05) is 6.07 Å². The molecule has 1 aromatic rings. The number of methoxy groups -OCH3 is 1. The highest BCUT2D eigenvalue weighted by atomic mass is 16.5. The minimum absolute atomic E-state index is 0.117. The average Bonchev–Trinajstić information content (AvgIpc) is 2.65. The van der Waals surface area contributed by atoms with Crippen molar-refractivity contribution in [3.63, 3.8) is 0 Å². The van der Waals surface area contributed by atoms with Crippen LogP contribution < -0.4 is 0 Å². The summed E-state index contributed by atoms with van der Waals surface area (Å²) >= 11 is 0. The van der Waals surface area contributed by atoms with Crippen molar-refractivity contribution in [3.05, 3.63) is 17.5 Å². The van der Waals surface area contributed by atoms with Gasteiger partial charge in [0.25, 0.3) is 0 Å². The summed E-state index contributed by atoms with van der Waals surface area (Å²) in [6, 6.07) is 1.87. The van der Waals surface area contributed by atoms with Crippen LogP contribution in [-0.2, 0) is 4.74 Å². The van der Waals surface area contributed by atoms with Crippen LogP contribution in [0.15, 0.2) is 6.20 Å². The number of esters is 1. The maximum atomic E-state index is 11.1. The molecule has 0 aliphatic heterocycles. The Labute approximate surface area is 80.7 Å². The van der Waals surface area contributed by atoms with Crippen molar-refractivity contribution in [1.29, 1.82) is 5.26 Å². The Kier molecular flexibility index (Phi) is 3.28. The number of carbonyl (C=O) groups is 1. The van der Waals surface area contributed by atoms with Gasteiger partial charge in [0.1, 0.15) is 0 Å². The van der Waals surface area contributed by atoms with E-state index in [-0.39, 0.29) is 12.1 Å². The van der Waals surface area contributed by atoms with Gasteiger partial charge < -0.3 is 4.74 Å². The van der Waals surface area contributed by atoms with Crippen molar-refractivity contribution in [2.45, 2.75) is 6.42 Å². The monoisotopic (exact) mass is 189 g/mol. The number of nitrogens with one attached hydrogen (secondary N) is 1. The lowest BCUT2D eigenvalue weighted by Crippen LogP contribution is -2.03.